The molecule has 0 atom stereocenters. The van der Waals surface area contributed by atoms with E-state index in [0.29, 0.717) is 0 Å². The number of rotatable bonds is 7. The molecule has 0 amide bonds. The molecule has 0 heterocycles. The van der Waals surface area contributed by atoms with E-state index in [4.69, 9.17) is 0 Å². The van der Waals surface area contributed by atoms with E-state index < -0.39 is 0 Å². The van der Waals surface area contributed by atoms with Crippen molar-refractivity contribution in [2.45, 2.75) is 0 Å². The molecule has 0 spiro atoms. The molecule has 47 heavy (non-hydrogen) atoms. The van der Waals surface area contributed by atoms with E-state index in [-0.39, 0.29) is 0 Å². The molecule has 0 unspecified atom stereocenters. The third-order valence-corrected chi connectivity index (χ3v) is 8.87. The summed E-state index contributed by atoms with van der Waals surface area (Å²) in [5.74, 6) is 0. The summed E-state index contributed by atoms with van der Waals surface area (Å²) in [6.07, 6.45) is 0. The van der Waals surface area contributed by atoms with Gasteiger partial charge in [-0.3, -0.25) is 0 Å². The molecule has 1 heteroatoms. The lowest BCUT2D eigenvalue weighted by molar-refractivity contribution is 1.28. The Hall–Kier alpha value is -6.18. The van der Waals surface area contributed by atoms with Gasteiger partial charge in [0, 0.05) is 17.1 Å². The van der Waals surface area contributed by atoms with Crippen LogP contribution in [0.5, 0.6) is 0 Å². The van der Waals surface area contributed by atoms with E-state index in [1.807, 2.05) is 0 Å². The van der Waals surface area contributed by atoms with Gasteiger partial charge in [0.2, 0.25) is 0 Å². The number of para-hydroxylation sites is 1. The van der Waals surface area contributed by atoms with Crippen LogP contribution in [0.3, 0.4) is 0 Å². The molecule has 0 saturated heterocycles. The lowest BCUT2D eigenvalue weighted by atomic mass is 9.94. The predicted octanol–water partition coefficient (Wildman–Crippen LogP) is 13.0. The molecule has 8 aromatic rings. The minimum Gasteiger partial charge on any atom is -0.311 e. The normalized spacial score (nSPS) is 11.0. The number of benzene rings is 8. The summed E-state index contributed by atoms with van der Waals surface area (Å²) in [6.45, 7) is 0. The van der Waals surface area contributed by atoms with Crippen molar-refractivity contribution in [1.82, 2.24) is 0 Å². The maximum absolute atomic E-state index is 2.32. The zero-order chi connectivity index (χ0) is 31.4. The van der Waals surface area contributed by atoms with Crippen molar-refractivity contribution in [3.8, 4) is 44.5 Å². The van der Waals surface area contributed by atoms with Gasteiger partial charge in [-0.25, -0.2) is 0 Å². The number of nitrogens with zero attached hydrogens (tertiary/aromatic N) is 1. The second-order valence-corrected chi connectivity index (χ2v) is 11.8. The molecule has 222 valence electrons. The molecule has 8 aromatic carbocycles. The molecule has 0 aliphatic carbocycles. The Morgan fingerprint density at radius 3 is 1.13 bits per heavy atom. The van der Waals surface area contributed by atoms with Crippen LogP contribution in [0.15, 0.2) is 200 Å². The van der Waals surface area contributed by atoms with Crippen molar-refractivity contribution >= 4 is 27.8 Å². The van der Waals surface area contributed by atoms with Gasteiger partial charge in [-0.15, -0.1) is 0 Å². The highest BCUT2D eigenvalue weighted by Crippen LogP contribution is 2.38. The van der Waals surface area contributed by atoms with Crippen molar-refractivity contribution in [2.24, 2.45) is 0 Å². The molecule has 0 radical (unpaired) electrons. The predicted molar refractivity (Wildman–Crippen MR) is 200 cm³/mol. The molecule has 0 aliphatic heterocycles. The monoisotopic (exact) mass is 599 g/mol. The summed E-state index contributed by atoms with van der Waals surface area (Å²) in [5, 5.41) is 2.49. The molecule has 0 bridgehead atoms. The van der Waals surface area contributed by atoms with Gasteiger partial charge in [-0.05, 0) is 104 Å². The summed E-state index contributed by atoms with van der Waals surface area (Å²) in [5.41, 5.74) is 13.1. The van der Waals surface area contributed by atoms with Gasteiger partial charge in [-0.1, -0.05) is 152 Å². The van der Waals surface area contributed by atoms with Crippen molar-refractivity contribution in [3.05, 3.63) is 200 Å². The fourth-order valence-electron chi connectivity index (χ4n) is 6.46. The van der Waals surface area contributed by atoms with Crippen LogP contribution in [0.25, 0.3) is 55.3 Å². The minimum atomic E-state index is 1.11. The summed E-state index contributed by atoms with van der Waals surface area (Å²) in [7, 11) is 0. The molecule has 1 nitrogen and oxygen atoms in total. The molecule has 0 fully saturated rings. The first-order valence-electron chi connectivity index (χ1n) is 16.1. The van der Waals surface area contributed by atoms with Gasteiger partial charge in [0.05, 0.1) is 0 Å². The standard InChI is InChI=1S/C46H33N/c1-4-12-34(13-5-1)39-22-20-36-21-23-40(33-41(36)32-39)35-24-28-43(29-25-35)47(42-16-8-3-9-17-42)44-30-26-38(27-31-44)46-19-11-10-18-45(46)37-14-6-2-7-15-37/h1-33H. The Bertz CT molecular complexity index is 2250. The van der Waals surface area contributed by atoms with Crippen LogP contribution in [0.2, 0.25) is 0 Å². The highest BCUT2D eigenvalue weighted by atomic mass is 15.1. The third kappa shape index (κ3) is 5.83. The Morgan fingerprint density at radius 1 is 0.234 bits per heavy atom. The van der Waals surface area contributed by atoms with Crippen LogP contribution in [-0.4, -0.2) is 0 Å². The van der Waals surface area contributed by atoms with Crippen molar-refractivity contribution in [2.75, 3.05) is 4.90 Å². The smallest absolute Gasteiger partial charge is 0.0462 e. The fraction of sp³-hybridized carbons (Fsp3) is 0. The minimum absolute atomic E-state index is 1.11. The first-order valence-corrected chi connectivity index (χ1v) is 16.1. The van der Waals surface area contributed by atoms with E-state index in [0.717, 1.165) is 17.1 Å². The third-order valence-electron chi connectivity index (χ3n) is 8.87. The van der Waals surface area contributed by atoms with Crippen LogP contribution >= 0.6 is 0 Å². The Labute approximate surface area is 276 Å². The molecular weight excluding hydrogens is 567 g/mol. The maximum atomic E-state index is 2.32. The first kappa shape index (κ1) is 28.3. The Kier molecular flexibility index (Phi) is 7.63. The molecule has 8 rings (SSSR count). The summed E-state index contributed by atoms with van der Waals surface area (Å²) in [6, 6.07) is 71.7. The van der Waals surface area contributed by atoms with Crippen molar-refractivity contribution in [3.63, 3.8) is 0 Å². The van der Waals surface area contributed by atoms with E-state index >= 15 is 0 Å². The van der Waals surface area contributed by atoms with Crippen LogP contribution in [0, 0.1) is 0 Å². The number of hydrogen-bond donors (Lipinski definition) is 0. The lowest BCUT2D eigenvalue weighted by Crippen LogP contribution is -2.09. The van der Waals surface area contributed by atoms with Crippen molar-refractivity contribution in [1.29, 1.82) is 0 Å². The van der Waals surface area contributed by atoms with Gasteiger partial charge in [0.15, 0.2) is 0 Å². The topological polar surface area (TPSA) is 3.24 Å². The number of hydrogen-bond acceptors (Lipinski definition) is 1. The quantitative estimate of drug-likeness (QED) is 0.176. The summed E-state index contributed by atoms with van der Waals surface area (Å²) in [4.78, 5) is 2.32. The van der Waals surface area contributed by atoms with Gasteiger partial charge >= 0.3 is 0 Å². The SMILES string of the molecule is c1ccc(-c2ccc3ccc(-c4ccc(N(c5ccccc5)c5ccc(-c6ccccc6-c6ccccc6)cc5)cc4)cc3c2)cc1. The number of fused-ring (bicyclic) bond motifs is 1. The van der Waals surface area contributed by atoms with E-state index in [2.05, 4.69) is 205 Å². The highest BCUT2D eigenvalue weighted by molar-refractivity contribution is 5.91. The first-order chi connectivity index (χ1) is 23.3. The second-order valence-electron chi connectivity index (χ2n) is 11.8. The molecule has 0 aromatic heterocycles. The molecule has 0 saturated carbocycles. The number of anilines is 3. The maximum Gasteiger partial charge on any atom is 0.0462 e. The van der Waals surface area contributed by atoms with Gasteiger partial charge in [-0.2, -0.15) is 0 Å². The second kappa shape index (κ2) is 12.7. The lowest BCUT2D eigenvalue weighted by Gasteiger charge is -2.26. The molecule has 0 N–H and O–H groups in total. The van der Waals surface area contributed by atoms with Crippen LogP contribution in [0.1, 0.15) is 0 Å². The average molecular weight is 600 g/mol. The van der Waals surface area contributed by atoms with Gasteiger partial charge in [0.1, 0.15) is 0 Å². The Balaban J connectivity index is 1.12. The van der Waals surface area contributed by atoms with Crippen molar-refractivity contribution < 1.29 is 0 Å². The van der Waals surface area contributed by atoms with Gasteiger partial charge < -0.3 is 4.90 Å². The molecule has 0 aliphatic rings. The summed E-state index contributed by atoms with van der Waals surface area (Å²) >= 11 is 0. The zero-order valence-corrected chi connectivity index (χ0v) is 26.0. The Morgan fingerprint density at radius 2 is 0.596 bits per heavy atom. The summed E-state index contributed by atoms with van der Waals surface area (Å²) < 4.78 is 0. The largest absolute Gasteiger partial charge is 0.311 e. The van der Waals surface area contributed by atoms with Gasteiger partial charge in [0.25, 0.3) is 0 Å². The fourth-order valence-corrected chi connectivity index (χ4v) is 6.46. The van der Waals surface area contributed by atoms with Crippen LogP contribution in [-0.2, 0) is 0 Å². The van der Waals surface area contributed by atoms with Crippen LogP contribution in [0.4, 0.5) is 17.1 Å². The van der Waals surface area contributed by atoms with Crippen LogP contribution < -0.4 is 4.90 Å². The average Bonchev–Trinajstić information content (AvgIpc) is 3.16. The molecular formula is C46H33N. The van der Waals surface area contributed by atoms with E-state index in [9.17, 15) is 0 Å². The van der Waals surface area contributed by atoms with E-state index in [1.54, 1.807) is 0 Å². The zero-order valence-electron chi connectivity index (χ0n) is 26.0. The van der Waals surface area contributed by atoms with E-state index in [1.165, 1.54) is 55.3 Å². The highest BCUT2D eigenvalue weighted by Gasteiger charge is 2.14.